The quantitative estimate of drug-likeness (QED) is 0.384. The number of fused-ring (bicyclic) bond motifs is 2. The fourth-order valence-electron chi connectivity index (χ4n) is 4.51. The zero-order valence-corrected chi connectivity index (χ0v) is 19.1. The third kappa shape index (κ3) is 4.34. The van der Waals surface area contributed by atoms with Gasteiger partial charge in [-0.3, -0.25) is 9.88 Å². The molecule has 0 saturated carbocycles. The van der Waals surface area contributed by atoms with Crippen molar-refractivity contribution in [1.29, 1.82) is 0 Å². The van der Waals surface area contributed by atoms with Crippen LogP contribution in [0.3, 0.4) is 0 Å². The van der Waals surface area contributed by atoms with Gasteiger partial charge in [0, 0.05) is 42.7 Å². The molecule has 0 aliphatic carbocycles. The van der Waals surface area contributed by atoms with E-state index >= 15 is 0 Å². The Morgan fingerprint density at radius 3 is 2.48 bits per heavy atom. The molecule has 4 aromatic rings. The normalized spacial score (nSPS) is 15.5. The highest BCUT2D eigenvalue weighted by Crippen LogP contribution is 2.30. The molecule has 0 bridgehead atoms. The summed E-state index contributed by atoms with van der Waals surface area (Å²) in [6.07, 6.45) is 2.09. The molecule has 158 valence electrons. The Hall–Kier alpha value is -2.76. The van der Waals surface area contributed by atoms with E-state index in [1.807, 2.05) is 31.5 Å². The SMILES string of the molecule is Cc1cc(Oc2ccc3c(c2)CCN([C@H](C)c2ccc4scnc4c2)CC3)cc(C)n1. The monoisotopic (exact) mass is 429 g/mol. The van der Waals surface area contributed by atoms with Gasteiger partial charge in [-0.2, -0.15) is 0 Å². The summed E-state index contributed by atoms with van der Waals surface area (Å²) < 4.78 is 7.42. The van der Waals surface area contributed by atoms with Gasteiger partial charge in [0.2, 0.25) is 0 Å². The maximum absolute atomic E-state index is 6.16. The maximum Gasteiger partial charge on any atom is 0.131 e. The van der Waals surface area contributed by atoms with E-state index in [0.29, 0.717) is 6.04 Å². The summed E-state index contributed by atoms with van der Waals surface area (Å²) in [4.78, 5) is 11.5. The van der Waals surface area contributed by atoms with E-state index in [9.17, 15) is 0 Å². The molecule has 0 radical (unpaired) electrons. The zero-order valence-electron chi connectivity index (χ0n) is 18.3. The molecule has 0 fully saturated rings. The van der Waals surface area contributed by atoms with Crippen molar-refractivity contribution in [1.82, 2.24) is 14.9 Å². The number of aryl methyl sites for hydroxylation is 2. The van der Waals surface area contributed by atoms with Crippen LogP contribution >= 0.6 is 11.3 Å². The molecule has 0 saturated heterocycles. The molecular weight excluding hydrogens is 402 g/mol. The topological polar surface area (TPSA) is 38.2 Å². The number of aromatic nitrogens is 2. The van der Waals surface area contributed by atoms with Crippen LogP contribution < -0.4 is 4.74 Å². The van der Waals surface area contributed by atoms with Gasteiger partial charge >= 0.3 is 0 Å². The molecule has 3 heterocycles. The Labute approximate surface area is 187 Å². The second-order valence-electron chi connectivity index (χ2n) is 8.41. The first kappa shape index (κ1) is 20.2. The first-order valence-electron chi connectivity index (χ1n) is 10.9. The van der Waals surface area contributed by atoms with Gasteiger partial charge in [-0.05, 0) is 74.6 Å². The van der Waals surface area contributed by atoms with Crippen molar-refractivity contribution in [2.24, 2.45) is 0 Å². The lowest BCUT2D eigenvalue weighted by atomic mass is 10.0. The van der Waals surface area contributed by atoms with Crippen molar-refractivity contribution < 1.29 is 4.74 Å². The fraction of sp³-hybridized carbons (Fsp3) is 0.308. The number of thiazole rings is 1. The van der Waals surface area contributed by atoms with Crippen LogP contribution in [0, 0.1) is 13.8 Å². The summed E-state index contributed by atoms with van der Waals surface area (Å²) in [5.74, 6) is 1.76. The third-order valence-corrected chi connectivity index (χ3v) is 7.00. The Bertz CT molecular complexity index is 1210. The van der Waals surface area contributed by atoms with Crippen LogP contribution in [-0.4, -0.2) is 28.0 Å². The van der Waals surface area contributed by atoms with E-state index in [4.69, 9.17) is 4.74 Å². The molecule has 0 unspecified atom stereocenters. The lowest BCUT2D eigenvalue weighted by Gasteiger charge is -2.28. The minimum Gasteiger partial charge on any atom is -0.457 e. The lowest BCUT2D eigenvalue weighted by molar-refractivity contribution is 0.221. The molecule has 0 N–H and O–H groups in total. The van der Waals surface area contributed by atoms with Gasteiger partial charge in [0.15, 0.2) is 0 Å². The second kappa shape index (κ2) is 8.40. The second-order valence-corrected chi connectivity index (χ2v) is 9.30. The van der Waals surface area contributed by atoms with Crippen molar-refractivity contribution in [2.45, 2.75) is 39.7 Å². The molecule has 2 aromatic carbocycles. The van der Waals surface area contributed by atoms with Gasteiger partial charge in [0.05, 0.1) is 15.7 Å². The number of rotatable bonds is 4. The first-order chi connectivity index (χ1) is 15.0. The number of hydrogen-bond donors (Lipinski definition) is 0. The predicted molar refractivity (Wildman–Crippen MR) is 127 cm³/mol. The van der Waals surface area contributed by atoms with Crippen LogP contribution in [0.15, 0.2) is 54.0 Å². The summed E-state index contributed by atoms with van der Waals surface area (Å²) in [6, 6.07) is 17.6. The Balaban J connectivity index is 1.31. The standard InChI is InChI=1S/C26H27N3OS/c1-17-12-24(13-18(2)28-17)30-23-6-4-20-8-10-29(11-9-22(20)14-23)19(3)21-5-7-26-25(15-21)27-16-31-26/h4-7,12-16,19H,8-11H2,1-3H3/t19-/m1/s1. The maximum atomic E-state index is 6.16. The van der Waals surface area contributed by atoms with Crippen LogP contribution in [0.1, 0.15) is 41.0 Å². The van der Waals surface area contributed by atoms with Crippen LogP contribution in [0.4, 0.5) is 0 Å². The fourth-order valence-corrected chi connectivity index (χ4v) is 5.17. The Kier molecular flexibility index (Phi) is 5.47. The molecule has 1 aliphatic heterocycles. The molecule has 0 spiro atoms. The lowest BCUT2D eigenvalue weighted by Crippen LogP contribution is -2.29. The van der Waals surface area contributed by atoms with Crippen LogP contribution in [0.2, 0.25) is 0 Å². The molecule has 4 nitrogen and oxygen atoms in total. The number of pyridine rings is 1. The Morgan fingerprint density at radius 1 is 0.903 bits per heavy atom. The van der Waals surface area contributed by atoms with E-state index in [-0.39, 0.29) is 0 Å². The van der Waals surface area contributed by atoms with Crippen LogP contribution in [0.5, 0.6) is 11.5 Å². The van der Waals surface area contributed by atoms with Crippen molar-refractivity contribution >= 4 is 21.6 Å². The number of nitrogens with zero attached hydrogens (tertiary/aromatic N) is 3. The highest BCUT2D eigenvalue weighted by Gasteiger charge is 2.20. The van der Waals surface area contributed by atoms with Crippen molar-refractivity contribution in [2.75, 3.05) is 13.1 Å². The van der Waals surface area contributed by atoms with Gasteiger partial charge < -0.3 is 4.74 Å². The molecular formula is C26H27N3OS. The largest absolute Gasteiger partial charge is 0.457 e. The van der Waals surface area contributed by atoms with E-state index in [0.717, 1.165) is 54.3 Å². The number of hydrogen-bond acceptors (Lipinski definition) is 5. The zero-order chi connectivity index (χ0) is 21.4. The minimum absolute atomic E-state index is 0.374. The van der Waals surface area contributed by atoms with Crippen molar-refractivity contribution in [3.63, 3.8) is 0 Å². The molecule has 1 atom stereocenters. The smallest absolute Gasteiger partial charge is 0.131 e. The molecule has 31 heavy (non-hydrogen) atoms. The highest BCUT2D eigenvalue weighted by atomic mass is 32.1. The van der Waals surface area contributed by atoms with E-state index in [1.54, 1.807) is 11.3 Å². The average Bonchev–Trinajstić information content (AvgIpc) is 3.11. The van der Waals surface area contributed by atoms with Gasteiger partial charge in [-0.25, -0.2) is 4.98 Å². The van der Waals surface area contributed by atoms with Crippen molar-refractivity contribution in [3.8, 4) is 11.5 Å². The molecule has 5 heteroatoms. The molecule has 2 aromatic heterocycles. The van der Waals surface area contributed by atoms with Gasteiger partial charge in [-0.1, -0.05) is 12.1 Å². The van der Waals surface area contributed by atoms with Gasteiger partial charge in [0.25, 0.3) is 0 Å². The van der Waals surface area contributed by atoms with Gasteiger partial charge in [0.1, 0.15) is 11.5 Å². The third-order valence-electron chi connectivity index (χ3n) is 6.19. The predicted octanol–water partition coefficient (Wildman–Crippen LogP) is 6.26. The van der Waals surface area contributed by atoms with Crippen LogP contribution in [-0.2, 0) is 12.8 Å². The summed E-state index contributed by atoms with van der Waals surface area (Å²) in [6.45, 7) is 8.41. The number of ether oxygens (including phenoxy) is 1. The highest BCUT2D eigenvalue weighted by molar-refractivity contribution is 7.16. The van der Waals surface area contributed by atoms with E-state index in [2.05, 4.69) is 58.2 Å². The summed E-state index contributed by atoms with van der Waals surface area (Å²) in [5, 5.41) is 0. The van der Waals surface area contributed by atoms with E-state index in [1.165, 1.54) is 21.4 Å². The summed E-state index contributed by atoms with van der Waals surface area (Å²) in [5.41, 5.74) is 9.16. The van der Waals surface area contributed by atoms with E-state index < -0.39 is 0 Å². The van der Waals surface area contributed by atoms with Gasteiger partial charge in [-0.15, -0.1) is 11.3 Å². The van der Waals surface area contributed by atoms with Crippen LogP contribution in [0.25, 0.3) is 10.2 Å². The summed E-state index contributed by atoms with van der Waals surface area (Å²) >= 11 is 1.70. The first-order valence-corrected chi connectivity index (χ1v) is 11.8. The summed E-state index contributed by atoms with van der Waals surface area (Å²) in [7, 11) is 0. The minimum atomic E-state index is 0.374. The Morgan fingerprint density at radius 2 is 1.68 bits per heavy atom. The molecule has 0 amide bonds. The van der Waals surface area contributed by atoms with Crippen molar-refractivity contribution in [3.05, 3.63) is 82.1 Å². The molecule has 1 aliphatic rings. The number of benzene rings is 2. The average molecular weight is 430 g/mol. The molecule has 5 rings (SSSR count).